The molecular weight excluding hydrogens is 228 g/mol. The van der Waals surface area contributed by atoms with E-state index in [4.69, 9.17) is 0 Å². The summed E-state index contributed by atoms with van der Waals surface area (Å²) in [5.41, 5.74) is 2.00. The molecule has 4 heteroatoms. The monoisotopic (exact) mass is 246 g/mol. The van der Waals surface area contributed by atoms with Gasteiger partial charge < -0.3 is 10.2 Å². The van der Waals surface area contributed by atoms with Crippen LogP contribution in [0.15, 0.2) is 24.3 Å². The maximum absolute atomic E-state index is 12.0. The van der Waals surface area contributed by atoms with Gasteiger partial charge in [0.1, 0.15) is 0 Å². The van der Waals surface area contributed by atoms with E-state index in [1.54, 1.807) is 4.90 Å². The molecule has 1 heterocycles. The molecule has 0 radical (unpaired) electrons. The molecule has 0 saturated carbocycles. The van der Waals surface area contributed by atoms with Gasteiger partial charge in [-0.25, -0.2) is 0 Å². The van der Waals surface area contributed by atoms with Crippen LogP contribution in [0.25, 0.3) is 0 Å². The number of hydrogen-bond acceptors (Lipinski definition) is 2. The van der Waals surface area contributed by atoms with Crippen molar-refractivity contribution < 1.29 is 9.59 Å². The van der Waals surface area contributed by atoms with Crippen molar-refractivity contribution in [1.29, 1.82) is 0 Å². The lowest BCUT2D eigenvalue weighted by atomic mass is 10.2. The number of rotatable bonds is 3. The molecule has 0 aliphatic carbocycles. The topological polar surface area (TPSA) is 49.4 Å². The van der Waals surface area contributed by atoms with Crippen LogP contribution in [0.4, 0.5) is 5.69 Å². The van der Waals surface area contributed by atoms with Gasteiger partial charge in [0.15, 0.2) is 0 Å². The number of benzene rings is 1. The minimum Gasteiger partial charge on any atom is -0.348 e. The Kier molecular flexibility index (Phi) is 3.97. The molecule has 0 unspecified atom stereocenters. The molecule has 1 N–H and O–H groups in total. The van der Waals surface area contributed by atoms with Crippen molar-refractivity contribution in [1.82, 2.24) is 5.32 Å². The third-order valence-corrected chi connectivity index (χ3v) is 3.14. The van der Waals surface area contributed by atoms with Gasteiger partial charge in [0.05, 0.1) is 0 Å². The average Bonchev–Trinajstić information content (AvgIpc) is 2.82. The molecule has 0 bridgehead atoms. The normalized spacial score (nSPS) is 13.3. The van der Waals surface area contributed by atoms with E-state index in [0.717, 1.165) is 30.5 Å². The van der Waals surface area contributed by atoms with Crippen LogP contribution in [0.5, 0.6) is 0 Å². The average molecular weight is 246 g/mol. The second-order valence-electron chi connectivity index (χ2n) is 4.44. The number of amides is 2. The van der Waals surface area contributed by atoms with E-state index in [1.807, 2.05) is 31.2 Å². The van der Waals surface area contributed by atoms with Crippen LogP contribution in [0.3, 0.4) is 0 Å². The van der Waals surface area contributed by atoms with Crippen molar-refractivity contribution in [3.05, 3.63) is 29.8 Å². The summed E-state index contributed by atoms with van der Waals surface area (Å²) < 4.78 is 0. The summed E-state index contributed by atoms with van der Waals surface area (Å²) in [6, 6.07) is 7.73. The number of fused-ring (bicyclic) bond motifs is 1. The lowest BCUT2D eigenvalue weighted by Gasteiger charge is -2.16. The first-order valence-corrected chi connectivity index (χ1v) is 6.41. The fraction of sp³-hybridized carbons (Fsp3) is 0.429. The maximum atomic E-state index is 12.0. The smallest absolute Gasteiger partial charge is 0.316 e. The van der Waals surface area contributed by atoms with E-state index in [-0.39, 0.29) is 0 Å². The predicted molar refractivity (Wildman–Crippen MR) is 70.4 cm³/mol. The number of carbonyl (C=O) groups is 2. The molecule has 1 aliphatic rings. The van der Waals surface area contributed by atoms with Crippen molar-refractivity contribution in [2.45, 2.75) is 26.2 Å². The van der Waals surface area contributed by atoms with Gasteiger partial charge in [-0.3, -0.25) is 9.59 Å². The first-order chi connectivity index (χ1) is 8.74. The number of nitrogens with one attached hydrogen (secondary N) is 1. The summed E-state index contributed by atoms with van der Waals surface area (Å²) in [4.78, 5) is 25.3. The fourth-order valence-electron chi connectivity index (χ4n) is 2.13. The van der Waals surface area contributed by atoms with Gasteiger partial charge in [-0.2, -0.15) is 0 Å². The SMILES string of the molecule is CCCCNC(=O)C(=O)N1CCc2ccccc21. The molecule has 1 aromatic carbocycles. The number of hydrogen-bond donors (Lipinski definition) is 1. The largest absolute Gasteiger partial charge is 0.348 e. The summed E-state index contributed by atoms with van der Waals surface area (Å²) in [6.07, 6.45) is 2.72. The molecule has 1 aliphatic heterocycles. The summed E-state index contributed by atoms with van der Waals surface area (Å²) >= 11 is 0. The molecular formula is C14H18N2O2. The Balaban J connectivity index is 2.01. The zero-order chi connectivity index (χ0) is 13.0. The number of carbonyl (C=O) groups excluding carboxylic acids is 2. The maximum Gasteiger partial charge on any atom is 0.316 e. The molecule has 2 rings (SSSR count). The minimum atomic E-state index is -0.500. The summed E-state index contributed by atoms with van der Waals surface area (Å²) in [5.74, 6) is -0.948. The Hall–Kier alpha value is -1.84. The Morgan fingerprint density at radius 2 is 2.11 bits per heavy atom. The Labute approximate surface area is 107 Å². The number of anilines is 1. The Morgan fingerprint density at radius 3 is 2.89 bits per heavy atom. The Bertz CT molecular complexity index is 457. The molecule has 4 nitrogen and oxygen atoms in total. The molecule has 0 saturated heterocycles. The highest BCUT2D eigenvalue weighted by Gasteiger charge is 2.28. The third kappa shape index (κ3) is 2.53. The molecule has 96 valence electrons. The van der Waals surface area contributed by atoms with Crippen molar-refractivity contribution in [2.24, 2.45) is 0 Å². The van der Waals surface area contributed by atoms with Gasteiger partial charge in [0.25, 0.3) is 0 Å². The first kappa shape index (κ1) is 12.6. The van der Waals surface area contributed by atoms with Crippen LogP contribution in [-0.4, -0.2) is 24.9 Å². The number of nitrogens with zero attached hydrogens (tertiary/aromatic N) is 1. The van der Waals surface area contributed by atoms with E-state index in [2.05, 4.69) is 5.32 Å². The molecule has 1 aromatic rings. The van der Waals surface area contributed by atoms with Gasteiger partial charge in [0.2, 0.25) is 0 Å². The van der Waals surface area contributed by atoms with Gasteiger partial charge >= 0.3 is 11.8 Å². The van der Waals surface area contributed by atoms with E-state index in [1.165, 1.54) is 0 Å². The van der Waals surface area contributed by atoms with Crippen molar-refractivity contribution in [3.8, 4) is 0 Å². The van der Waals surface area contributed by atoms with Crippen LogP contribution in [0.1, 0.15) is 25.3 Å². The standard InChI is InChI=1S/C14H18N2O2/c1-2-3-9-15-13(17)14(18)16-10-8-11-6-4-5-7-12(11)16/h4-7H,2-3,8-10H2,1H3,(H,15,17). The molecule has 2 amide bonds. The quantitative estimate of drug-likeness (QED) is 0.649. The van der Waals surface area contributed by atoms with Gasteiger partial charge in [-0.1, -0.05) is 31.5 Å². The van der Waals surface area contributed by atoms with Crippen molar-refractivity contribution in [2.75, 3.05) is 18.0 Å². The van der Waals surface area contributed by atoms with Gasteiger partial charge in [-0.05, 0) is 24.5 Å². The fourth-order valence-corrected chi connectivity index (χ4v) is 2.13. The summed E-state index contributed by atoms with van der Waals surface area (Å²) in [5, 5.41) is 2.66. The molecule has 0 fully saturated rings. The minimum absolute atomic E-state index is 0.448. The molecule has 18 heavy (non-hydrogen) atoms. The lowest BCUT2D eigenvalue weighted by Crippen LogP contribution is -2.42. The van der Waals surface area contributed by atoms with Crippen LogP contribution in [-0.2, 0) is 16.0 Å². The Morgan fingerprint density at radius 1 is 1.33 bits per heavy atom. The van der Waals surface area contributed by atoms with E-state index in [0.29, 0.717) is 13.1 Å². The van der Waals surface area contributed by atoms with Gasteiger partial charge in [0, 0.05) is 18.8 Å². The predicted octanol–water partition coefficient (Wildman–Crippen LogP) is 1.49. The highest BCUT2D eigenvalue weighted by Crippen LogP contribution is 2.27. The summed E-state index contributed by atoms with van der Waals surface area (Å²) in [7, 11) is 0. The van der Waals surface area contributed by atoms with Crippen molar-refractivity contribution >= 4 is 17.5 Å². The number of para-hydroxylation sites is 1. The van der Waals surface area contributed by atoms with E-state index >= 15 is 0 Å². The zero-order valence-electron chi connectivity index (χ0n) is 10.6. The summed E-state index contributed by atoms with van der Waals surface area (Å²) in [6.45, 7) is 3.21. The van der Waals surface area contributed by atoms with Crippen LogP contribution < -0.4 is 10.2 Å². The third-order valence-electron chi connectivity index (χ3n) is 3.14. The van der Waals surface area contributed by atoms with Gasteiger partial charge in [-0.15, -0.1) is 0 Å². The number of unbranched alkanes of at least 4 members (excludes halogenated alkanes) is 1. The highest BCUT2D eigenvalue weighted by atomic mass is 16.2. The molecule has 0 aromatic heterocycles. The van der Waals surface area contributed by atoms with E-state index < -0.39 is 11.8 Å². The van der Waals surface area contributed by atoms with Crippen LogP contribution >= 0.6 is 0 Å². The van der Waals surface area contributed by atoms with Crippen LogP contribution in [0, 0.1) is 0 Å². The zero-order valence-corrected chi connectivity index (χ0v) is 10.6. The molecule has 0 atom stereocenters. The van der Waals surface area contributed by atoms with E-state index in [9.17, 15) is 9.59 Å². The second kappa shape index (κ2) is 5.67. The first-order valence-electron chi connectivity index (χ1n) is 6.41. The lowest BCUT2D eigenvalue weighted by molar-refractivity contribution is -0.137. The second-order valence-corrected chi connectivity index (χ2v) is 4.44. The van der Waals surface area contributed by atoms with Crippen molar-refractivity contribution in [3.63, 3.8) is 0 Å². The van der Waals surface area contributed by atoms with Crippen LogP contribution in [0.2, 0.25) is 0 Å². The highest BCUT2D eigenvalue weighted by molar-refractivity contribution is 6.40. The molecule has 0 spiro atoms.